The van der Waals surface area contributed by atoms with E-state index in [1.807, 2.05) is 0 Å². The molecule has 196 valence electrons. The summed E-state index contributed by atoms with van der Waals surface area (Å²) in [4.78, 5) is 4.96. The minimum atomic E-state index is 0.831. The normalized spacial score (nSPS) is 11.3. The molecule has 0 spiro atoms. The van der Waals surface area contributed by atoms with Gasteiger partial charge in [-0.3, -0.25) is 0 Å². The zero-order chi connectivity index (χ0) is 27.0. The third-order valence-electron chi connectivity index (χ3n) is 7.47. The van der Waals surface area contributed by atoms with E-state index in [1.165, 1.54) is 44.0 Å². The molecule has 0 atom stereocenters. The van der Waals surface area contributed by atoms with Crippen molar-refractivity contribution < 1.29 is 0 Å². The van der Waals surface area contributed by atoms with Gasteiger partial charge < -0.3 is 9.80 Å². The maximum absolute atomic E-state index is 2.48. The van der Waals surface area contributed by atoms with Gasteiger partial charge in [-0.25, -0.2) is 0 Å². The quantitative estimate of drug-likeness (QED) is 0.167. The topological polar surface area (TPSA) is 6.48 Å². The van der Waals surface area contributed by atoms with Gasteiger partial charge in [0.25, 0.3) is 0 Å². The average Bonchev–Trinajstić information content (AvgIpc) is 3.02. The molecule has 2 heteroatoms. The molecule has 2 nitrogen and oxygen atoms in total. The maximum Gasteiger partial charge on any atom is 0.0451 e. The summed E-state index contributed by atoms with van der Waals surface area (Å²) in [6.07, 6.45) is 4.65. The lowest BCUT2D eigenvalue weighted by Gasteiger charge is -2.27. The van der Waals surface area contributed by atoms with Gasteiger partial charge >= 0.3 is 0 Å². The molecule has 0 aliphatic rings. The summed E-state index contributed by atoms with van der Waals surface area (Å²) in [6, 6.07) is 52.1. The SMILES string of the molecule is C(=CCN(Cc1ccccc1)c1cccc2ccccc12)CN(Cc1ccccc1)c1cccc2ccccc12. The molecule has 6 rings (SSSR count). The Morgan fingerprint density at radius 1 is 0.375 bits per heavy atom. The Morgan fingerprint density at radius 3 is 1.20 bits per heavy atom. The Hall–Kier alpha value is -4.82. The molecule has 6 aromatic carbocycles. The lowest BCUT2D eigenvalue weighted by atomic mass is 10.1. The van der Waals surface area contributed by atoms with E-state index in [0.29, 0.717) is 0 Å². The highest BCUT2D eigenvalue weighted by atomic mass is 15.1. The highest BCUT2D eigenvalue weighted by molar-refractivity contribution is 5.95. The van der Waals surface area contributed by atoms with Crippen molar-refractivity contribution in [3.63, 3.8) is 0 Å². The molecule has 6 aromatic rings. The van der Waals surface area contributed by atoms with Crippen LogP contribution in [0, 0.1) is 0 Å². The van der Waals surface area contributed by atoms with E-state index in [2.05, 4.69) is 168 Å². The first-order valence-electron chi connectivity index (χ1n) is 14.0. The molecule has 0 saturated carbocycles. The molecule has 0 N–H and O–H groups in total. The fourth-order valence-electron chi connectivity index (χ4n) is 5.48. The first-order chi connectivity index (χ1) is 19.8. The summed E-state index contributed by atoms with van der Waals surface area (Å²) in [5.74, 6) is 0. The molecule has 0 amide bonds. The minimum Gasteiger partial charge on any atom is -0.363 e. The van der Waals surface area contributed by atoms with E-state index >= 15 is 0 Å². The lowest BCUT2D eigenvalue weighted by Crippen LogP contribution is -2.25. The predicted molar refractivity (Wildman–Crippen MR) is 172 cm³/mol. The van der Waals surface area contributed by atoms with Crippen LogP contribution in [-0.4, -0.2) is 13.1 Å². The third-order valence-corrected chi connectivity index (χ3v) is 7.47. The van der Waals surface area contributed by atoms with Crippen molar-refractivity contribution in [3.05, 3.63) is 169 Å². The molecule has 0 saturated heterocycles. The zero-order valence-corrected chi connectivity index (χ0v) is 22.7. The summed E-state index contributed by atoms with van der Waals surface area (Å²) in [5.41, 5.74) is 5.15. The van der Waals surface area contributed by atoms with Gasteiger partial charge in [0, 0.05) is 48.3 Å². The van der Waals surface area contributed by atoms with Gasteiger partial charge in [-0.1, -0.05) is 146 Å². The molecular formula is C38H34N2. The molecule has 40 heavy (non-hydrogen) atoms. The Balaban J connectivity index is 1.28. The molecule has 0 aliphatic heterocycles. The van der Waals surface area contributed by atoms with Crippen molar-refractivity contribution in [2.24, 2.45) is 0 Å². The van der Waals surface area contributed by atoms with E-state index < -0.39 is 0 Å². The van der Waals surface area contributed by atoms with Crippen LogP contribution in [0.5, 0.6) is 0 Å². The molecule has 0 radical (unpaired) electrons. The highest BCUT2D eigenvalue weighted by Gasteiger charge is 2.12. The molecule has 0 heterocycles. The largest absolute Gasteiger partial charge is 0.363 e. The van der Waals surface area contributed by atoms with Gasteiger partial charge in [0.15, 0.2) is 0 Å². The Labute approximate surface area is 237 Å². The van der Waals surface area contributed by atoms with E-state index in [1.54, 1.807) is 0 Å². The molecule has 0 aliphatic carbocycles. The summed E-state index contributed by atoms with van der Waals surface area (Å²) in [6.45, 7) is 3.38. The van der Waals surface area contributed by atoms with Gasteiger partial charge in [-0.2, -0.15) is 0 Å². The van der Waals surface area contributed by atoms with Gasteiger partial charge in [-0.05, 0) is 34.0 Å². The number of benzene rings is 6. The second-order valence-corrected chi connectivity index (χ2v) is 10.2. The fourth-order valence-corrected chi connectivity index (χ4v) is 5.48. The zero-order valence-electron chi connectivity index (χ0n) is 22.7. The number of hydrogen-bond acceptors (Lipinski definition) is 2. The average molecular weight is 519 g/mol. The maximum atomic E-state index is 2.48. The summed E-state index contributed by atoms with van der Waals surface area (Å²) in [5, 5.41) is 5.12. The number of fused-ring (bicyclic) bond motifs is 2. The number of nitrogens with zero attached hydrogens (tertiary/aromatic N) is 2. The Kier molecular flexibility index (Phi) is 7.87. The van der Waals surface area contributed by atoms with Crippen molar-refractivity contribution in [3.8, 4) is 0 Å². The number of rotatable bonds is 10. The van der Waals surface area contributed by atoms with Crippen LogP contribution in [0.4, 0.5) is 11.4 Å². The van der Waals surface area contributed by atoms with Crippen LogP contribution in [0.1, 0.15) is 11.1 Å². The van der Waals surface area contributed by atoms with Crippen LogP contribution in [0.15, 0.2) is 158 Å². The second-order valence-electron chi connectivity index (χ2n) is 10.2. The van der Waals surface area contributed by atoms with Crippen LogP contribution in [-0.2, 0) is 13.1 Å². The van der Waals surface area contributed by atoms with E-state index in [9.17, 15) is 0 Å². The summed E-state index contributed by atoms with van der Waals surface area (Å²) < 4.78 is 0. The number of anilines is 2. The van der Waals surface area contributed by atoms with Crippen molar-refractivity contribution in [1.82, 2.24) is 0 Å². The smallest absolute Gasteiger partial charge is 0.0451 e. The molecule has 0 bridgehead atoms. The molecule has 0 aromatic heterocycles. The molecule has 0 unspecified atom stereocenters. The monoisotopic (exact) mass is 518 g/mol. The number of hydrogen-bond donors (Lipinski definition) is 0. The van der Waals surface area contributed by atoms with Crippen molar-refractivity contribution in [2.75, 3.05) is 22.9 Å². The Morgan fingerprint density at radius 2 is 0.750 bits per heavy atom. The summed E-state index contributed by atoms with van der Waals surface area (Å²) >= 11 is 0. The molecular weight excluding hydrogens is 484 g/mol. The van der Waals surface area contributed by atoms with Crippen molar-refractivity contribution in [1.29, 1.82) is 0 Å². The van der Waals surface area contributed by atoms with Gasteiger partial charge in [0.05, 0.1) is 0 Å². The van der Waals surface area contributed by atoms with Gasteiger partial charge in [0.1, 0.15) is 0 Å². The van der Waals surface area contributed by atoms with Crippen LogP contribution in [0.2, 0.25) is 0 Å². The van der Waals surface area contributed by atoms with E-state index in [0.717, 1.165) is 26.2 Å². The van der Waals surface area contributed by atoms with Gasteiger partial charge in [0.2, 0.25) is 0 Å². The van der Waals surface area contributed by atoms with Crippen LogP contribution < -0.4 is 9.80 Å². The van der Waals surface area contributed by atoms with Crippen LogP contribution in [0.25, 0.3) is 21.5 Å². The lowest BCUT2D eigenvalue weighted by molar-refractivity contribution is 0.853. The Bertz CT molecular complexity index is 1570. The minimum absolute atomic E-state index is 0.831. The fraction of sp³-hybridized carbons (Fsp3) is 0.105. The van der Waals surface area contributed by atoms with Gasteiger partial charge in [-0.15, -0.1) is 0 Å². The first-order valence-corrected chi connectivity index (χ1v) is 14.0. The first kappa shape index (κ1) is 25.5. The second kappa shape index (κ2) is 12.4. The van der Waals surface area contributed by atoms with E-state index in [-0.39, 0.29) is 0 Å². The molecule has 0 fully saturated rings. The van der Waals surface area contributed by atoms with E-state index in [4.69, 9.17) is 0 Å². The van der Waals surface area contributed by atoms with Crippen LogP contribution >= 0.6 is 0 Å². The van der Waals surface area contributed by atoms with Crippen molar-refractivity contribution >= 4 is 32.9 Å². The third kappa shape index (κ3) is 5.92. The van der Waals surface area contributed by atoms with Crippen molar-refractivity contribution in [2.45, 2.75) is 13.1 Å². The standard InChI is InChI=1S/C38H34N2/c1-3-15-31(16-4-1)29-39(37-25-13-21-33-19-7-9-23-35(33)37)27-11-12-28-40(30-32-17-5-2-6-18-32)38-26-14-22-34-20-8-10-24-36(34)38/h1-26H,27-30H2. The van der Waals surface area contributed by atoms with Crippen LogP contribution in [0.3, 0.4) is 0 Å². The highest BCUT2D eigenvalue weighted by Crippen LogP contribution is 2.29. The summed E-state index contributed by atoms with van der Waals surface area (Å²) in [7, 11) is 0. The predicted octanol–water partition coefficient (Wildman–Crippen LogP) is 9.26.